The predicted octanol–water partition coefficient (Wildman–Crippen LogP) is 4.16. The molecule has 0 spiro atoms. The fraction of sp³-hybridized carbons (Fsp3) is 0.400. The molecule has 4 heteroatoms. The first kappa shape index (κ1) is 13.9. The first-order chi connectivity index (χ1) is 9.20. The number of benzene rings is 1. The van der Waals surface area contributed by atoms with Crippen LogP contribution in [0.2, 0.25) is 0 Å². The van der Waals surface area contributed by atoms with Gasteiger partial charge >= 0.3 is 0 Å². The molecule has 19 heavy (non-hydrogen) atoms. The molecule has 0 amide bonds. The van der Waals surface area contributed by atoms with Gasteiger partial charge < -0.3 is 10.1 Å². The van der Waals surface area contributed by atoms with Gasteiger partial charge in [0.2, 0.25) is 0 Å². The molecule has 0 atom stereocenters. The van der Waals surface area contributed by atoms with Gasteiger partial charge in [0.25, 0.3) is 0 Å². The molecule has 0 radical (unpaired) electrons. The van der Waals surface area contributed by atoms with Gasteiger partial charge in [-0.25, -0.2) is 4.98 Å². The van der Waals surface area contributed by atoms with Crippen molar-refractivity contribution in [1.82, 2.24) is 4.98 Å². The maximum absolute atomic E-state index is 5.79. The minimum absolute atomic E-state index is 0.748. The Hall–Kier alpha value is -1.55. The second-order valence-corrected chi connectivity index (χ2v) is 5.50. The van der Waals surface area contributed by atoms with Crippen molar-refractivity contribution in [3.8, 4) is 5.75 Å². The molecule has 0 aliphatic rings. The molecule has 0 saturated carbocycles. The van der Waals surface area contributed by atoms with Crippen molar-refractivity contribution in [2.45, 2.75) is 33.7 Å². The van der Waals surface area contributed by atoms with Crippen LogP contribution in [0.25, 0.3) is 0 Å². The molecule has 2 aromatic rings. The Morgan fingerprint density at radius 3 is 2.84 bits per heavy atom. The lowest BCUT2D eigenvalue weighted by Gasteiger charge is -2.13. The van der Waals surface area contributed by atoms with Crippen LogP contribution in [-0.4, -0.2) is 11.6 Å². The third kappa shape index (κ3) is 3.70. The highest BCUT2D eigenvalue weighted by molar-refractivity contribution is 7.09. The van der Waals surface area contributed by atoms with E-state index in [9.17, 15) is 0 Å². The summed E-state index contributed by atoms with van der Waals surface area (Å²) in [6.45, 7) is 7.77. The predicted molar refractivity (Wildman–Crippen MR) is 81.1 cm³/mol. The molecule has 0 fully saturated rings. The molecule has 0 aliphatic carbocycles. The Labute approximate surface area is 118 Å². The number of hydrogen-bond donors (Lipinski definition) is 1. The Bertz CT molecular complexity index is 537. The summed E-state index contributed by atoms with van der Waals surface area (Å²) in [7, 11) is 0. The number of hydrogen-bond acceptors (Lipinski definition) is 4. The normalized spacial score (nSPS) is 10.5. The van der Waals surface area contributed by atoms with Crippen LogP contribution in [0.5, 0.6) is 5.75 Å². The molecule has 1 aromatic heterocycles. The zero-order chi connectivity index (χ0) is 13.7. The molecular formula is C15H20N2OS. The van der Waals surface area contributed by atoms with E-state index in [0.717, 1.165) is 36.7 Å². The summed E-state index contributed by atoms with van der Waals surface area (Å²) in [5.74, 6) is 0.934. The summed E-state index contributed by atoms with van der Waals surface area (Å²) in [6.07, 6.45) is 1.02. The number of rotatable bonds is 6. The lowest BCUT2D eigenvalue weighted by Crippen LogP contribution is -2.03. The van der Waals surface area contributed by atoms with E-state index in [1.807, 2.05) is 12.4 Å². The van der Waals surface area contributed by atoms with E-state index in [1.165, 1.54) is 10.4 Å². The summed E-state index contributed by atoms with van der Waals surface area (Å²) in [5, 5.41) is 3.44. The van der Waals surface area contributed by atoms with Crippen molar-refractivity contribution >= 4 is 17.0 Å². The van der Waals surface area contributed by atoms with E-state index in [-0.39, 0.29) is 0 Å². The van der Waals surface area contributed by atoms with Crippen molar-refractivity contribution in [1.29, 1.82) is 0 Å². The molecule has 0 unspecified atom stereocenters. The maximum atomic E-state index is 5.79. The number of nitrogens with zero attached hydrogens (tertiary/aromatic N) is 1. The molecule has 2 rings (SSSR count). The number of nitrogens with one attached hydrogen (secondary N) is 1. The van der Waals surface area contributed by atoms with Gasteiger partial charge in [-0.2, -0.15) is 0 Å². The number of anilines is 1. The smallest absolute Gasteiger partial charge is 0.142 e. The highest BCUT2D eigenvalue weighted by atomic mass is 32.1. The Balaban J connectivity index is 2.08. The fourth-order valence-corrected chi connectivity index (χ4v) is 2.50. The third-order valence-electron chi connectivity index (χ3n) is 2.88. The van der Waals surface area contributed by atoms with Gasteiger partial charge in [-0.15, -0.1) is 11.3 Å². The highest BCUT2D eigenvalue weighted by Crippen LogP contribution is 2.27. The zero-order valence-electron chi connectivity index (χ0n) is 11.7. The van der Waals surface area contributed by atoms with Crippen LogP contribution in [0, 0.1) is 13.8 Å². The second-order valence-electron chi connectivity index (χ2n) is 4.56. The SMILES string of the molecule is CCCOc1cc(C)ccc1NCc1scnc1C. The Morgan fingerprint density at radius 1 is 1.32 bits per heavy atom. The van der Waals surface area contributed by atoms with E-state index in [4.69, 9.17) is 4.74 Å². The van der Waals surface area contributed by atoms with Crippen LogP contribution in [0.4, 0.5) is 5.69 Å². The van der Waals surface area contributed by atoms with Crippen LogP contribution in [0.3, 0.4) is 0 Å². The van der Waals surface area contributed by atoms with E-state index in [2.05, 4.69) is 42.3 Å². The minimum Gasteiger partial charge on any atom is -0.491 e. The lowest BCUT2D eigenvalue weighted by molar-refractivity contribution is 0.318. The fourth-order valence-electron chi connectivity index (χ4n) is 1.78. The van der Waals surface area contributed by atoms with Gasteiger partial charge in [0.05, 0.1) is 30.0 Å². The maximum Gasteiger partial charge on any atom is 0.142 e. The van der Waals surface area contributed by atoms with Gasteiger partial charge in [0.1, 0.15) is 5.75 Å². The summed E-state index contributed by atoms with van der Waals surface area (Å²) < 4.78 is 5.79. The van der Waals surface area contributed by atoms with E-state index in [0.29, 0.717) is 0 Å². The van der Waals surface area contributed by atoms with E-state index < -0.39 is 0 Å². The standard InChI is InChI=1S/C15H20N2OS/c1-4-7-18-14-8-11(2)5-6-13(14)16-9-15-12(3)17-10-19-15/h5-6,8,10,16H,4,7,9H2,1-3H3. The van der Waals surface area contributed by atoms with Crippen LogP contribution in [0.1, 0.15) is 29.5 Å². The zero-order valence-corrected chi connectivity index (χ0v) is 12.5. The number of aromatic nitrogens is 1. The van der Waals surface area contributed by atoms with Crippen LogP contribution < -0.4 is 10.1 Å². The summed E-state index contributed by atoms with van der Waals surface area (Å²) in [6, 6.07) is 6.26. The Kier molecular flexibility index (Phi) is 4.80. The second kappa shape index (κ2) is 6.57. The van der Waals surface area contributed by atoms with Crippen molar-refractivity contribution < 1.29 is 4.74 Å². The first-order valence-electron chi connectivity index (χ1n) is 6.57. The average Bonchev–Trinajstić information content (AvgIpc) is 2.81. The summed E-state index contributed by atoms with van der Waals surface area (Å²) in [5.41, 5.74) is 5.24. The van der Waals surface area contributed by atoms with Gasteiger partial charge in [-0.3, -0.25) is 0 Å². The van der Waals surface area contributed by atoms with Gasteiger partial charge in [-0.05, 0) is 38.0 Å². The Morgan fingerprint density at radius 2 is 2.16 bits per heavy atom. The monoisotopic (exact) mass is 276 g/mol. The lowest BCUT2D eigenvalue weighted by atomic mass is 10.2. The van der Waals surface area contributed by atoms with E-state index >= 15 is 0 Å². The molecule has 1 heterocycles. The molecule has 0 saturated heterocycles. The van der Waals surface area contributed by atoms with Crippen molar-refractivity contribution in [3.05, 3.63) is 39.8 Å². The van der Waals surface area contributed by atoms with E-state index in [1.54, 1.807) is 11.3 Å². The molecule has 1 N–H and O–H groups in total. The topological polar surface area (TPSA) is 34.1 Å². The quantitative estimate of drug-likeness (QED) is 0.860. The first-order valence-corrected chi connectivity index (χ1v) is 7.45. The van der Waals surface area contributed by atoms with Crippen molar-refractivity contribution in [3.63, 3.8) is 0 Å². The van der Waals surface area contributed by atoms with Crippen LogP contribution in [-0.2, 0) is 6.54 Å². The molecule has 0 bridgehead atoms. The highest BCUT2D eigenvalue weighted by Gasteiger charge is 2.06. The summed E-state index contributed by atoms with van der Waals surface area (Å²) in [4.78, 5) is 5.53. The largest absolute Gasteiger partial charge is 0.491 e. The van der Waals surface area contributed by atoms with Crippen LogP contribution in [0.15, 0.2) is 23.7 Å². The minimum atomic E-state index is 0.748. The number of ether oxygens (including phenoxy) is 1. The molecule has 3 nitrogen and oxygen atoms in total. The molecule has 1 aromatic carbocycles. The summed E-state index contributed by atoms with van der Waals surface area (Å²) >= 11 is 1.68. The molecule has 102 valence electrons. The number of thiazole rings is 1. The molecule has 0 aliphatic heterocycles. The molecular weight excluding hydrogens is 256 g/mol. The van der Waals surface area contributed by atoms with Crippen molar-refractivity contribution in [2.24, 2.45) is 0 Å². The third-order valence-corrected chi connectivity index (χ3v) is 3.82. The average molecular weight is 276 g/mol. The van der Waals surface area contributed by atoms with Crippen LogP contribution >= 0.6 is 11.3 Å². The van der Waals surface area contributed by atoms with Gasteiger partial charge in [0.15, 0.2) is 0 Å². The number of aryl methyl sites for hydroxylation is 2. The van der Waals surface area contributed by atoms with Gasteiger partial charge in [0, 0.05) is 4.88 Å². The van der Waals surface area contributed by atoms with Gasteiger partial charge in [-0.1, -0.05) is 13.0 Å². The van der Waals surface area contributed by atoms with Crippen molar-refractivity contribution in [2.75, 3.05) is 11.9 Å².